The predicted octanol–water partition coefficient (Wildman–Crippen LogP) is 2.83. The van der Waals surface area contributed by atoms with Gasteiger partial charge in [0.15, 0.2) is 11.4 Å². The topological polar surface area (TPSA) is 87.4 Å². The maximum atomic E-state index is 13.8. The first-order valence-corrected chi connectivity index (χ1v) is 11.6. The summed E-state index contributed by atoms with van der Waals surface area (Å²) in [6.07, 6.45) is -0.645. The van der Waals surface area contributed by atoms with Crippen LogP contribution in [-0.4, -0.2) is 75.2 Å². The molecular formula is C23H27F3N4O4. The van der Waals surface area contributed by atoms with Crippen LogP contribution >= 0.6 is 0 Å². The molecule has 8 nitrogen and oxygen atoms in total. The monoisotopic (exact) mass is 480 g/mol. The number of aliphatic hydroxyl groups is 1. The molecule has 1 N–H and O–H groups in total. The minimum absolute atomic E-state index is 0.0193. The first kappa shape index (κ1) is 22.9. The molecule has 2 aromatic heterocycles. The second-order valence-corrected chi connectivity index (χ2v) is 9.40. The number of pyridine rings is 1. The summed E-state index contributed by atoms with van der Waals surface area (Å²) in [5.74, 6) is -0.796. The molecule has 0 radical (unpaired) electrons. The second kappa shape index (κ2) is 8.44. The molecule has 2 aliphatic carbocycles. The van der Waals surface area contributed by atoms with E-state index in [1.807, 2.05) is 0 Å². The number of aliphatic hydroxyl groups excluding tert-OH is 1. The summed E-state index contributed by atoms with van der Waals surface area (Å²) in [6.45, 7) is 0.412. The van der Waals surface area contributed by atoms with Gasteiger partial charge >= 0.3 is 6.18 Å². The Morgan fingerprint density at radius 2 is 1.82 bits per heavy atom. The normalized spacial score (nSPS) is 24.1. The fourth-order valence-electron chi connectivity index (χ4n) is 5.11. The highest BCUT2D eigenvalue weighted by atomic mass is 19.4. The van der Waals surface area contributed by atoms with Crippen molar-refractivity contribution < 1.29 is 32.6 Å². The molecule has 34 heavy (non-hydrogen) atoms. The smallest absolute Gasteiger partial charge is 0.433 e. The third-order valence-corrected chi connectivity index (χ3v) is 7.11. The van der Waals surface area contributed by atoms with Crippen molar-refractivity contribution in [2.24, 2.45) is 0 Å². The van der Waals surface area contributed by atoms with Crippen molar-refractivity contribution in [2.75, 3.05) is 26.7 Å². The van der Waals surface area contributed by atoms with Crippen LogP contribution in [0.15, 0.2) is 12.1 Å². The largest absolute Gasteiger partial charge is 0.492 e. The van der Waals surface area contributed by atoms with Crippen molar-refractivity contribution in [3.63, 3.8) is 0 Å². The minimum atomic E-state index is -4.66. The first-order chi connectivity index (χ1) is 16.2. The van der Waals surface area contributed by atoms with Gasteiger partial charge in [0.2, 0.25) is 5.91 Å². The second-order valence-electron chi connectivity index (χ2n) is 9.40. The van der Waals surface area contributed by atoms with Crippen LogP contribution in [0.5, 0.6) is 5.75 Å². The number of fused-ring (bicyclic) bond motifs is 1. The van der Waals surface area contributed by atoms with Crippen LogP contribution in [0.1, 0.15) is 66.2 Å². The number of nitrogens with zero attached hydrogens (tertiary/aromatic N) is 4. The van der Waals surface area contributed by atoms with Crippen LogP contribution in [0.3, 0.4) is 0 Å². The Morgan fingerprint density at radius 1 is 1.12 bits per heavy atom. The SMILES string of the molecule is COc1c(C(=O)N2CCN(C3CCC(O)CC3)C(=O)C2)nn2c(C(F)(F)F)cc(C3CC3)cc12. The molecule has 3 aliphatic rings. The van der Waals surface area contributed by atoms with Gasteiger partial charge < -0.3 is 19.6 Å². The first-order valence-electron chi connectivity index (χ1n) is 11.6. The summed E-state index contributed by atoms with van der Waals surface area (Å²) >= 11 is 0. The summed E-state index contributed by atoms with van der Waals surface area (Å²) in [7, 11) is 1.30. The molecule has 0 unspecified atom stereocenters. The number of halogens is 3. The van der Waals surface area contributed by atoms with Crippen molar-refractivity contribution >= 4 is 17.3 Å². The number of carbonyl (C=O) groups is 2. The van der Waals surface area contributed by atoms with E-state index >= 15 is 0 Å². The zero-order valence-corrected chi connectivity index (χ0v) is 18.8. The van der Waals surface area contributed by atoms with Gasteiger partial charge in [-0.15, -0.1) is 0 Å². The molecule has 1 aliphatic heterocycles. The number of carbonyl (C=O) groups excluding carboxylic acids is 2. The maximum absolute atomic E-state index is 13.8. The van der Waals surface area contributed by atoms with Crippen LogP contribution in [0.2, 0.25) is 0 Å². The quantitative estimate of drug-likeness (QED) is 0.727. The average Bonchev–Trinajstić information content (AvgIpc) is 3.58. The van der Waals surface area contributed by atoms with Gasteiger partial charge in [-0.2, -0.15) is 18.3 Å². The van der Waals surface area contributed by atoms with Gasteiger partial charge in [-0.3, -0.25) is 9.59 Å². The molecule has 3 heterocycles. The molecule has 11 heteroatoms. The van der Waals surface area contributed by atoms with Crippen LogP contribution < -0.4 is 4.74 Å². The Morgan fingerprint density at radius 3 is 2.41 bits per heavy atom. The molecule has 184 valence electrons. The number of amides is 2. The molecule has 3 fully saturated rings. The van der Waals surface area contributed by atoms with E-state index in [0.29, 0.717) is 37.8 Å². The number of alkyl halides is 3. The Balaban J connectivity index is 1.43. The van der Waals surface area contributed by atoms with Crippen molar-refractivity contribution in [3.8, 4) is 5.75 Å². The molecule has 2 amide bonds. The number of piperazine rings is 1. The molecule has 5 rings (SSSR count). The summed E-state index contributed by atoms with van der Waals surface area (Å²) in [5, 5.41) is 13.7. The summed E-state index contributed by atoms with van der Waals surface area (Å²) in [4.78, 5) is 29.2. The van der Waals surface area contributed by atoms with Crippen LogP contribution in [0, 0.1) is 0 Å². The summed E-state index contributed by atoms with van der Waals surface area (Å²) < 4.78 is 47.5. The summed E-state index contributed by atoms with van der Waals surface area (Å²) in [6, 6.07) is 2.73. The number of methoxy groups -OCH3 is 1. The van der Waals surface area contributed by atoms with Crippen molar-refractivity contribution in [3.05, 3.63) is 29.1 Å². The van der Waals surface area contributed by atoms with E-state index in [4.69, 9.17) is 4.74 Å². The summed E-state index contributed by atoms with van der Waals surface area (Å²) in [5.41, 5.74) is -0.542. The third-order valence-electron chi connectivity index (χ3n) is 7.11. The van der Waals surface area contributed by atoms with Crippen LogP contribution in [0.25, 0.3) is 5.52 Å². The number of ether oxygens (including phenoxy) is 1. The lowest BCUT2D eigenvalue weighted by molar-refractivity contribution is -0.142. The molecular weight excluding hydrogens is 453 g/mol. The van der Waals surface area contributed by atoms with Gasteiger partial charge in [-0.05, 0) is 62.1 Å². The Kier molecular flexibility index (Phi) is 5.70. The number of aromatic nitrogens is 2. The standard InChI is InChI=1S/C23H27F3N4O4/c1-34-21-17-10-14(13-2-3-13)11-18(23(24,25)26)30(17)27-20(21)22(33)28-8-9-29(19(32)12-28)15-4-6-16(31)7-5-15/h10-11,13,15-16,31H,2-9,12H2,1H3. The van der Waals surface area contributed by atoms with Gasteiger partial charge in [-0.1, -0.05) is 0 Å². The van der Waals surface area contributed by atoms with Crippen LogP contribution in [-0.2, 0) is 11.0 Å². The highest BCUT2D eigenvalue weighted by Gasteiger charge is 2.40. The van der Waals surface area contributed by atoms with E-state index in [2.05, 4.69) is 5.10 Å². The Bertz CT molecular complexity index is 1120. The molecule has 0 spiro atoms. The average molecular weight is 480 g/mol. The Labute approximate surface area is 194 Å². The molecule has 0 bridgehead atoms. The van der Waals surface area contributed by atoms with Crippen molar-refractivity contribution in [1.82, 2.24) is 19.4 Å². The van der Waals surface area contributed by atoms with E-state index < -0.39 is 17.8 Å². The van der Waals surface area contributed by atoms with Gasteiger partial charge in [0.1, 0.15) is 17.8 Å². The van der Waals surface area contributed by atoms with E-state index in [-0.39, 0.29) is 54.0 Å². The lowest BCUT2D eigenvalue weighted by Crippen LogP contribution is -2.56. The zero-order valence-electron chi connectivity index (χ0n) is 18.8. The van der Waals surface area contributed by atoms with Crippen LogP contribution in [0.4, 0.5) is 13.2 Å². The van der Waals surface area contributed by atoms with E-state index in [0.717, 1.165) is 23.4 Å². The lowest BCUT2D eigenvalue weighted by atomic mass is 9.91. The molecule has 0 aromatic carbocycles. The highest BCUT2D eigenvalue weighted by molar-refractivity contribution is 6.00. The van der Waals surface area contributed by atoms with E-state index in [1.165, 1.54) is 12.0 Å². The fraction of sp³-hybridized carbons (Fsp3) is 0.609. The van der Waals surface area contributed by atoms with E-state index in [9.17, 15) is 27.9 Å². The zero-order chi connectivity index (χ0) is 24.2. The number of hydrogen-bond acceptors (Lipinski definition) is 5. The molecule has 0 atom stereocenters. The van der Waals surface area contributed by atoms with Gasteiger partial charge in [0, 0.05) is 19.1 Å². The lowest BCUT2D eigenvalue weighted by Gasteiger charge is -2.41. The molecule has 1 saturated heterocycles. The Hall–Kier alpha value is -2.82. The minimum Gasteiger partial charge on any atom is -0.492 e. The third kappa shape index (κ3) is 4.10. The molecule has 2 aromatic rings. The maximum Gasteiger partial charge on any atom is 0.433 e. The number of hydrogen-bond donors (Lipinski definition) is 1. The number of rotatable bonds is 4. The van der Waals surface area contributed by atoms with Gasteiger partial charge in [-0.25, -0.2) is 4.52 Å². The van der Waals surface area contributed by atoms with Gasteiger partial charge in [0.05, 0.1) is 13.2 Å². The predicted molar refractivity (Wildman–Crippen MR) is 115 cm³/mol. The van der Waals surface area contributed by atoms with Gasteiger partial charge in [0.25, 0.3) is 5.91 Å². The highest BCUT2D eigenvalue weighted by Crippen LogP contribution is 2.44. The van der Waals surface area contributed by atoms with Crippen molar-refractivity contribution in [2.45, 2.75) is 62.8 Å². The molecule has 2 saturated carbocycles. The van der Waals surface area contributed by atoms with Crippen molar-refractivity contribution in [1.29, 1.82) is 0 Å². The van der Waals surface area contributed by atoms with E-state index in [1.54, 1.807) is 11.0 Å². The fourth-order valence-corrected chi connectivity index (χ4v) is 5.11.